The van der Waals surface area contributed by atoms with Crippen molar-refractivity contribution in [3.05, 3.63) is 66.7 Å². The zero-order chi connectivity index (χ0) is 16.1. The first-order chi connectivity index (χ1) is 11.3. The fraction of sp³-hybridized carbons (Fsp3) is 0.0588. The highest BCUT2D eigenvalue weighted by molar-refractivity contribution is 7.81. The molecule has 1 atom stereocenters. The van der Waals surface area contributed by atoms with Gasteiger partial charge < -0.3 is 4.74 Å². The summed E-state index contributed by atoms with van der Waals surface area (Å²) < 4.78 is 24.4. The van der Waals surface area contributed by atoms with Crippen LogP contribution in [0.2, 0.25) is 0 Å². The molecule has 0 heterocycles. The number of hydrogen-bond donors (Lipinski definition) is 1. The second-order valence-electron chi connectivity index (χ2n) is 4.68. The van der Waals surface area contributed by atoms with Crippen LogP contribution in [0.3, 0.4) is 0 Å². The molecule has 118 valence electrons. The second kappa shape index (κ2) is 7.23. The van der Waals surface area contributed by atoms with E-state index in [0.717, 1.165) is 16.5 Å². The Hall–Kier alpha value is -2.41. The van der Waals surface area contributed by atoms with Gasteiger partial charge in [0.05, 0.1) is 7.11 Å². The minimum atomic E-state index is -1.75. The Labute approximate surface area is 136 Å². The molecule has 6 heteroatoms. The molecule has 0 aliphatic rings. The van der Waals surface area contributed by atoms with Crippen LogP contribution in [0.25, 0.3) is 10.8 Å². The Morgan fingerprint density at radius 3 is 2.43 bits per heavy atom. The molecule has 1 N–H and O–H groups in total. The average Bonchev–Trinajstić information content (AvgIpc) is 2.57. The highest BCUT2D eigenvalue weighted by Gasteiger charge is 2.04. The van der Waals surface area contributed by atoms with Crippen LogP contribution in [0.1, 0.15) is 0 Å². The molecule has 0 aliphatic heterocycles. The number of anilines is 1. The Bertz CT molecular complexity index is 815. The number of hydrogen-bond acceptors (Lipinski definition) is 4. The summed E-state index contributed by atoms with van der Waals surface area (Å²) in [6, 6.07) is 21.0. The maximum atomic E-state index is 11.4. The van der Waals surface area contributed by atoms with Gasteiger partial charge in [-0.3, -0.25) is 4.72 Å². The van der Waals surface area contributed by atoms with Gasteiger partial charge in [0.25, 0.3) is 11.3 Å². The van der Waals surface area contributed by atoms with Crippen molar-refractivity contribution in [2.75, 3.05) is 11.8 Å². The molecule has 3 aromatic carbocycles. The summed E-state index contributed by atoms with van der Waals surface area (Å²) in [5, 5.41) is 2.17. The fourth-order valence-corrected chi connectivity index (χ4v) is 2.66. The summed E-state index contributed by atoms with van der Waals surface area (Å²) in [6.45, 7) is 0. The Morgan fingerprint density at radius 1 is 0.913 bits per heavy atom. The van der Waals surface area contributed by atoms with E-state index in [4.69, 9.17) is 4.74 Å². The Kier molecular flexibility index (Phi) is 4.87. The third-order valence-electron chi connectivity index (χ3n) is 3.16. The van der Waals surface area contributed by atoms with Crippen molar-refractivity contribution >= 4 is 27.7 Å². The summed E-state index contributed by atoms with van der Waals surface area (Å²) in [5.74, 6) is 1.47. The lowest BCUT2D eigenvalue weighted by molar-refractivity contribution is -0.166. The highest BCUT2D eigenvalue weighted by atomic mass is 32.2. The standard InChI is InChI=1S/C17H15NO4S/c1-20-22-23(19)18-14-9-11-15(12-10-14)21-17-8-4-6-13-5-2-3-7-16(13)17/h2-12,18H,1H3. The summed E-state index contributed by atoms with van der Waals surface area (Å²) >= 11 is -1.75. The molecule has 0 aromatic heterocycles. The van der Waals surface area contributed by atoms with Crippen molar-refractivity contribution in [3.63, 3.8) is 0 Å². The van der Waals surface area contributed by atoms with E-state index in [1.165, 1.54) is 7.11 Å². The molecule has 0 fully saturated rings. The molecular weight excluding hydrogens is 314 g/mol. The van der Waals surface area contributed by atoms with Crippen LogP contribution < -0.4 is 9.46 Å². The largest absolute Gasteiger partial charge is 0.457 e. The van der Waals surface area contributed by atoms with Crippen LogP contribution in [0.5, 0.6) is 11.5 Å². The third kappa shape index (κ3) is 3.87. The van der Waals surface area contributed by atoms with Crippen LogP contribution in [-0.4, -0.2) is 11.3 Å². The van der Waals surface area contributed by atoms with Gasteiger partial charge in [0.1, 0.15) is 11.5 Å². The molecule has 0 amide bonds. The smallest absolute Gasteiger partial charge is 0.290 e. The SMILES string of the molecule is COOS(=O)Nc1ccc(Oc2cccc3ccccc23)cc1. The molecule has 23 heavy (non-hydrogen) atoms. The van der Waals surface area contributed by atoms with Crippen molar-refractivity contribution in [2.45, 2.75) is 0 Å². The predicted molar refractivity (Wildman–Crippen MR) is 90.3 cm³/mol. The van der Waals surface area contributed by atoms with Crippen LogP contribution in [0.15, 0.2) is 66.7 Å². The van der Waals surface area contributed by atoms with E-state index in [-0.39, 0.29) is 0 Å². The van der Waals surface area contributed by atoms with Gasteiger partial charge >= 0.3 is 0 Å². The van der Waals surface area contributed by atoms with E-state index in [1.807, 2.05) is 42.5 Å². The van der Waals surface area contributed by atoms with Crippen molar-refractivity contribution in [3.8, 4) is 11.5 Å². The zero-order valence-corrected chi connectivity index (χ0v) is 13.2. The van der Waals surface area contributed by atoms with Gasteiger partial charge in [-0.05, 0) is 35.7 Å². The minimum absolute atomic E-state index is 0.630. The van der Waals surface area contributed by atoms with Gasteiger partial charge in [-0.1, -0.05) is 36.4 Å². The number of fused-ring (bicyclic) bond motifs is 1. The summed E-state index contributed by atoms with van der Waals surface area (Å²) in [7, 11) is 1.29. The molecule has 0 saturated heterocycles. The number of ether oxygens (including phenoxy) is 1. The van der Waals surface area contributed by atoms with E-state index in [1.54, 1.807) is 24.3 Å². The first kappa shape index (κ1) is 15.5. The lowest BCUT2D eigenvalue weighted by atomic mass is 10.1. The Balaban J connectivity index is 1.76. The van der Waals surface area contributed by atoms with Crippen molar-refractivity contribution in [1.82, 2.24) is 0 Å². The molecule has 0 saturated carbocycles. The average molecular weight is 329 g/mol. The highest BCUT2D eigenvalue weighted by Crippen LogP contribution is 2.30. The predicted octanol–water partition coefficient (Wildman–Crippen LogP) is 4.20. The molecular formula is C17H15NO4S. The van der Waals surface area contributed by atoms with Gasteiger partial charge in [0, 0.05) is 11.1 Å². The third-order valence-corrected chi connectivity index (χ3v) is 3.82. The summed E-state index contributed by atoms with van der Waals surface area (Å²) in [5.41, 5.74) is 0.630. The first-order valence-electron chi connectivity index (χ1n) is 6.91. The van der Waals surface area contributed by atoms with E-state index >= 15 is 0 Å². The monoisotopic (exact) mass is 329 g/mol. The number of rotatable bonds is 6. The number of nitrogens with one attached hydrogen (secondary N) is 1. The number of benzene rings is 3. The molecule has 5 nitrogen and oxygen atoms in total. The molecule has 1 unspecified atom stereocenters. The van der Waals surface area contributed by atoms with Crippen LogP contribution in [0.4, 0.5) is 5.69 Å². The van der Waals surface area contributed by atoms with E-state index in [9.17, 15) is 4.21 Å². The summed E-state index contributed by atoms with van der Waals surface area (Å²) in [6.07, 6.45) is 0. The maximum Gasteiger partial charge on any atom is 0.290 e. The summed E-state index contributed by atoms with van der Waals surface area (Å²) in [4.78, 5) is 4.33. The van der Waals surface area contributed by atoms with Crippen molar-refractivity contribution in [2.24, 2.45) is 0 Å². The van der Waals surface area contributed by atoms with E-state index in [0.29, 0.717) is 11.4 Å². The first-order valence-corrected chi connectivity index (χ1v) is 7.99. The van der Waals surface area contributed by atoms with Crippen LogP contribution >= 0.6 is 0 Å². The maximum absolute atomic E-state index is 11.4. The zero-order valence-electron chi connectivity index (χ0n) is 12.4. The van der Waals surface area contributed by atoms with E-state index < -0.39 is 11.3 Å². The molecule has 3 aromatic rings. The van der Waals surface area contributed by atoms with Crippen molar-refractivity contribution in [1.29, 1.82) is 0 Å². The van der Waals surface area contributed by atoms with Gasteiger partial charge in [-0.25, -0.2) is 9.10 Å². The fourth-order valence-electron chi connectivity index (χ4n) is 2.18. The van der Waals surface area contributed by atoms with Gasteiger partial charge in [0.15, 0.2) is 0 Å². The van der Waals surface area contributed by atoms with Gasteiger partial charge in [-0.15, -0.1) is 4.33 Å². The Morgan fingerprint density at radius 2 is 1.65 bits per heavy atom. The normalized spacial score (nSPS) is 12.0. The molecule has 0 bridgehead atoms. The van der Waals surface area contributed by atoms with Gasteiger partial charge in [-0.2, -0.15) is 0 Å². The topological polar surface area (TPSA) is 56.8 Å². The lowest BCUT2D eigenvalue weighted by Crippen LogP contribution is -2.07. The molecule has 0 radical (unpaired) electrons. The lowest BCUT2D eigenvalue weighted by Gasteiger charge is -2.10. The second-order valence-corrected chi connectivity index (χ2v) is 5.48. The molecule has 0 aliphatic carbocycles. The van der Waals surface area contributed by atoms with Crippen LogP contribution in [-0.2, 0) is 20.5 Å². The quantitative estimate of drug-likeness (QED) is 0.544. The molecule has 0 spiro atoms. The van der Waals surface area contributed by atoms with E-state index in [2.05, 4.69) is 13.9 Å². The molecule has 3 rings (SSSR count). The van der Waals surface area contributed by atoms with Crippen molar-refractivity contribution < 1.29 is 18.2 Å². The minimum Gasteiger partial charge on any atom is -0.457 e. The van der Waals surface area contributed by atoms with Crippen LogP contribution in [0, 0.1) is 0 Å². The van der Waals surface area contributed by atoms with Gasteiger partial charge in [0.2, 0.25) is 0 Å².